The molecule has 122 valence electrons. The predicted octanol–water partition coefficient (Wildman–Crippen LogP) is 2.09. The Hall–Kier alpha value is -2.47. The Balaban J connectivity index is 1.36. The van der Waals surface area contributed by atoms with Gasteiger partial charge in [-0.15, -0.1) is 0 Å². The van der Waals surface area contributed by atoms with Crippen LogP contribution in [-0.2, 0) is 6.54 Å². The van der Waals surface area contributed by atoms with E-state index in [1.807, 2.05) is 18.5 Å². The molecule has 0 amide bonds. The van der Waals surface area contributed by atoms with Crippen molar-refractivity contribution in [1.82, 2.24) is 15.3 Å². The van der Waals surface area contributed by atoms with Gasteiger partial charge in [0, 0.05) is 43.3 Å². The number of piperazine rings is 1. The lowest BCUT2D eigenvalue weighted by molar-refractivity contribution is 0.461. The van der Waals surface area contributed by atoms with Gasteiger partial charge in [0.25, 0.3) is 0 Å². The van der Waals surface area contributed by atoms with Gasteiger partial charge in [-0.1, -0.05) is 6.07 Å². The number of nitrogens with one attached hydrogen (secondary N) is 2. The minimum Gasteiger partial charge on any atom is -0.340 e. The van der Waals surface area contributed by atoms with Crippen LogP contribution in [0.15, 0.2) is 35.5 Å². The lowest BCUT2D eigenvalue weighted by atomic mass is 10.1. The maximum atomic E-state index is 4.72. The summed E-state index contributed by atoms with van der Waals surface area (Å²) in [5, 5.41) is 7.04. The normalized spacial score (nSPS) is 24.2. The molecule has 2 bridgehead atoms. The molecule has 6 heteroatoms. The zero-order valence-corrected chi connectivity index (χ0v) is 13.4. The van der Waals surface area contributed by atoms with E-state index in [0.29, 0.717) is 12.1 Å². The van der Waals surface area contributed by atoms with Crippen molar-refractivity contribution in [3.8, 4) is 0 Å². The Morgan fingerprint density at radius 2 is 2.00 bits per heavy atom. The fraction of sp³-hybridized carbons (Fsp3) is 0.389. The summed E-state index contributed by atoms with van der Waals surface area (Å²) in [7, 11) is 0. The molecule has 2 saturated heterocycles. The molecule has 1 aromatic heterocycles. The second-order valence-corrected chi connectivity index (χ2v) is 6.79. The Morgan fingerprint density at radius 1 is 1.12 bits per heavy atom. The van der Waals surface area contributed by atoms with Crippen LogP contribution in [-0.4, -0.2) is 41.4 Å². The van der Waals surface area contributed by atoms with Gasteiger partial charge in [-0.25, -0.2) is 4.98 Å². The summed E-state index contributed by atoms with van der Waals surface area (Å²) in [5.41, 5.74) is 3.50. The molecule has 2 aromatic rings. The highest BCUT2D eigenvalue weighted by atomic mass is 15.3. The maximum Gasteiger partial charge on any atom is 0.227 e. The molecule has 0 radical (unpaired) electrons. The van der Waals surface area contributed by atoms with Gasteiger partial charge in [-0.3, -0.25) is 4.99 Å². The number of nitrogens with zero attached hydrogens (tertiary/aromatic N) is 4. The summed E-state index contributed by atoms with van der Waals surface area (Å²) in [6.07, 6.45) is 6.29. The molecule has 4 heterocycles. The van der Waals surface area contributed by atoms with E-state index >= 15 is 0 Å². The van der Waals surface area contributed by atoms with Gasteiger partial charge in [0.15, 0.2) is 0 Å². The smallest absolute Gasteiger partial charge is 0.227 e. The highest BCUT2D eigenvalue weighted by Gasteiger charge is 2.33. The number of hydrogen-bond acceptors (Lipinski definition) is 6. The van der Waals surface area contributed by atoms with E-state index in [9.17, 15) is 0 Å². The van der Waals surface area contributed by atoms with E-state index in [0.717, 1.165) is 37.1 Å². The summed E-state index contributed by atoms with van der Waals surface area (Å²) < 4.78 is 0. The third kappa shape index (κ3) is 2.53. The van der Waals surface area contributed by atoms with Gasteiger partial charge in [0.1, 0.15) is 5.82 Å². The fourth-order valence-electron chi connectivity index (χ4n) is 3.86. The molecular weight excluding hydrogens is 300 g/mol. The first kappa shape index (κ1) is 13.9. The summed E-state index contributed by atoms with van der Waals surface area (Å²) in [6, 6.07) is 9.42. The van der Waals surface area contributed by atoms with Crippen LogP contribution >= 0.6 is 0 Å². The average molecular weight is 320 g/mol. The van der Waals surface area contributed by atoms with E-state index in [2.05, 4.69) is 43.7 Å². The monoisotopic (exact) mass is 320 g/mol. The summed E-state index contributed by atoms with van der Waals surface area (Å²) in [4.78, 5) is 15.8. The molecule has 3 aliphatic rings. The Kier molecular flexibility index (Phi) is 3.23. The van der Waals surface area contributed by atoms with E-state index in [4.69, 9.17) is 4.98 Å². The van der Waals surface area contributed by atoms with Crippen molar-refractivity contribution in [1.29, 1.82) is 0 Å². The van der Waals surface area contributed by atoms with Crippen LogP contribution in [0.5, 0.6) is 0 Å². The van der Waals surface area contributed by atoms with E-state index in [1.54, 1.807) is 0 Å². The van der Waals surface area contributed by atoms with Gasteiger partial charge in [0.2, 0.25) is 5.95 Å². The van der Waals surface area contributed by atoms with Crippen molar-refractivity contribution in [2.24, 2.45) is 4.99 Å². The highest BCUT2D eigenvalue weighted by molar-refractivity contribution is 5.86. The van der Waals surface area contributed by atoms with Crippen molar-refractivity contribution in [3.63, 3.8) is 0 Å². The van der Waals surface area contributed by atoms with Crippen LogP contribution in [0.4, 0.5) is 17.5 Å². The van der Waals surface area contributed by atoms with Gasteiger partial charge in [-0.2, -0.15) is 4.98 Å². The Labute approximate surface area is 141 Å². The molecule has 0 saturated carbocycles. The third-order valence-corrected chi connectivity index (χ3v) is 5.05. The average Bonchev–Trinajstić information content (AvgIpc) is 3.20. The summed E-state index contributed by atoms with van der Waals surface area (Å²) in [5.74, 6) is 1.65. The summed E-state index contributed by atoms with van der Waals surface area (Å²) >= 11 is 0. The maximum absolute atomic E-state index is 4.72. The minimum atomic E-state index is 0.583. The van der Waals surface area contributed by atoms with E-state index in [-0.39, 0.29) is 0 Å². The SMILES string of the molecule is C1=NCc2ccc(Nc3ccnc(N4CC5CCC(C4)N5)n3)cc21. The summed E-state index contributed by atoms with van der Waals surface area (Å²) in [6.45, 7) is 2.78. The molecule has 5 rings (SSSR count). The second kappa shape index (κ2) is 5.56. The van der Waals surface area contributed by atoms with Crippen molar-refractivity contribution < 1.29 is 0 Å². The van der Waals surface area contributed by atoms with Gasteiger partial charge in [0.05, 0.1) is 6.54 Å². The number of hydrogen-bond donors (Lipinski definition) is 2. The first-order chi connectivity index (χ1) is 11.8. The fourth-order valence-corrected chi connectivity index (χ4v) is 3.86. The molecular formula is C18H20N6. The lowest BCUT2D eigenvalue weighted by Crippen LogP contribution is -2.51. The van der Waals surface area contributed by atoms with Gasteiger partial charge in [-0.05, 0) is 42.2 Å². The van der Waals surface area contributed by atoms with Crippen LogP contribution in [0.1, 0.15) is 24.0 Å². The lowest BCUT2D eigenvalue weighted by Gasteiger charge is -2.32. The predicted molar refractivity (Wildman–Crippen MR) is 95.2 cm³/mol. The van der Waals surface area contributed by atoms with Gasteiger partial charge < -0.3 is 15.5 Å². The molecule has 1 aromatic carbocycles. The van der Waals surface area contributed by atoms with Crippen LogP contribution < -0.4 is 15.5 Å². The third-order valence-electron chi connectivity index (χ3n) is 5.05. The van der Waals surface area contributed by atoms with Crippen molar-refractivity contribution in [2.45, 2.75) is 31.5 Å². The van der Waals surface area contributed by atoms with Crippen LogP contribution in [0.2, 0.25) is 0 Å². The standard InChI is InChI=1S/C18H20N6/c1-2-14(7-13-9-19-8-12(1)13)22-17-5-6-20-18(23-17)24-10-15-3-4-16(11-24)21-15/h1-2,5-7,9,15-16,21H,3-4,8,10-11H2,(H,20,22,23). The largest absolute Gasteiger partial charge is 0.340 e. The molecule has 2 fully saturated rings. The highest BCUT2D eigenvalue weighted by Crippen LogP contribution is 2.25. The van der Waals surface area contributed by atoms with E-state index in [1.165, 1.54) is 24.0 Å². The zero-order chi connectivity index (χ0) is 15.9. The molecule has 2 atom stereocenters. The molecule has 24 heavy (non-hydrogen) atoms. The van der Waals surface area contributed by atoms with Gasteiger partial charge >= 0.3 is 0 Å². The number of aliphatic imine (C=N–C) groups is 1. The van der Waals surface area contributed by atoms with Crippen LogP contribution in [0.25, 0.3) is 0 Å². The molecule has 2 unspecified atom stereocenters. The zero-order valence-electron chi connectivity index (χ0n) is 13.4. The number of aromatic nitrogens is 2. The Morgan fingerprint density at radius 3 is 2.88 bits per heavy atom. The first-order valence-electron chi connectivity index (χ1n) is 8.57. The molecule has 2 N–H and O–H groups in total. The van der Waals surface area contributed by atoms with Crippen molar-refractivity contribution in [2.75, 3.05) is 23.3 Å². The minimum absolute atomic E-state index is 0.583. The molecule has 3 aliphatic heterocycles. The number of anilines is 3. The molecule has 0 spiro atoms. The first-order valence-corrected chi connectivity index (χ1v) is 8.57. The van der Waals surface area contributed by atoms with Crippen molar-refractivity contribution >= 4 is 23.7 Å². The quantitative estimate of drug-likeness (QED) is 0.906. The Bertz CT molecular complexity index is 790. The number of benzene rings is 1. The van der Waals surface area contributed by atoms with E-state index < -0.39 is 0 Å². The topological polar surface area (TPSA) is 65.4 Å². The van der Waals surface area contributed by atoms with Crippen LogP contribution in [0.3, 0.4) is 0 Å². The van der Waals surface area contributed by atoms with Crippen LogP contribution in [0, 0.1) is 0 Å². The second-order valence-electron chi connectivity index (χ2n) is 6.79. The molecule has 0 aliphatic carbocycles. The van der Waals surface area contributed by atoms with Crippen molar-refractivity contribution in [3.05, 3.63) is 41.6 Å². The number of fused-ring (bicyclic) bond motifs is 3. The number of rotatable bonds is 3. The molecule has 6 nitrogen and oxygen atoms in total.